The zero-order valence-electron chi connectivity index (χ0n) is 36.2. The molecule has 18 nitrogen and oxygen atoms in total. The highest BCUT2D eigenvalue weighted by atomic mass is 32.1. The SMILES string of the molecule is CNC(=O)c1cc(Oc2ccc(NC)c(N)c2)ccn1.CNC(=O)c1cc(Oc2ccc3c(c2)nc(Nc2nc(-c4ccncc4)cs2)n3C)ccn1.S=C=Nc1nc(-c2ccncc2)cs1. The van der Waals surface area contributed by atoms with Crippen molar-refractivity contribution in [3.8, 4) is 45.5 Å². The average molecular weight is 949 g/mol. The molecule has 21 heteroatoms. The normalized spacial score (nSPS) is 10.3. The van der Waals surface area contributed by atoms with Crippen LogP contribution in [0.15, 0.2) is 138 Å². The summed E-state index contributed by atoms with van der Waals surface area (Å²) in [7, 11) is 6.84. The molecule has 0 saturated carbocycles. The largest absolute Gasteiger partial charge is 0.457 e. The predicted molar refractivity (Wildman–Crippen MR) is 265 cm³/mol. The summed E-state index contributed by atoms with van der Waals surface area (Å²) in [5.74, 6) is 2.37. The fourth-order valence-electron chi connectivity index (χ4n) is 6.00. The van der Waals surface area contributed by atoms with Gasteiger partial charge in [-0.05, 0) is 72.9 Å². The molecule has 0 spiro atoms. The van der Waals surface area contributed by atoms with Crippen LogP contribution in [0.1, 0.15) is 21.0 Å². The first-order valence-electron chi connectivity index (χ1n) is 20.0. The minimum Gasteiger partial charge on any atom is -0.457 e. The van der Waals surface area contributed by atoms with Gasteiger partial charge in [-0.15, -0.1) is 22.7 Å². The van der Waals surface area contributed by atoms with Crippen LogP contribution in [0.5, 0.6) is 23.0 Å². The Morgan fingerprint density at radius 1 is 0.687 bits per heavy atom. The third-order valence-corrected chi connectivity index (χ3v) is 10.9. The van der Waals surface area contributed by atoms with Crippen molar-refractivity contribution in [3.05, 3.63) is 144 Å². The maximum Gasteiger partial charge on any atom is 0.269 e. The molecule has 2 aromatic carbocycles. The number of nitrogen functional groups attached to an aromatic ring is 1. The van der Waals surface area contributed by atoms with E-state index in [1.807, 2.05) is 70.9 Å². The summed E-state index contributed by atoms with van der Waals surface area (Å²) < 4.78 is 13.6. The van der Waals surface area contributed by atoms with Crippen molar-refractivity contribution in [2.24, 2.45) is 12.0 Å². The molecular weight excluding hydrogens is 909 g/mol. The Hall–Kier alpha value is -8.49. The molecule has 0 bridgehead atoms. The van der Waals surface area contributed by atoms with Crippen LogP contribution in [0.25, 0.3) is 33.5 Å². The summed E-state index contributed by atoms with van der Waals surface area (Å²) in [4.78, 5) is 56.7. The zero-order chi connectivity index (χ0) is 47.1. The number of pyridine rings is 4. The van der Waals surface area contributed by atoms with Crippen LogP contribution in [0.4, 0.5) is 27.6 Å². The third-order valence-electron chi connectivity index (χ3n) is 9.31. The molecule has 6 N–H and O–H groups in total. The number of rotatable bonds is 12. The first-order valence-corrected chi connectivity index (χ1v) is 22.1. The number of aliphatic imine (C=N–C) groups is 1. The van der Waals surface area contributed by atoms with Crippen molar-refractivity contribution in [1.29, 1.82) is 0 Å². The van der Waals surface area contributed by atoms with E-state index in [9.17, 15) is 9.59 Å². The van der Waals surface area contributed by atoms with Crippen LogP contribution in [0.3, 0.4) is 0 Å². The molecule has 0 atom stereocenters. The van der Waals surface area contributed by atoms with Crippen molar-refractivity contribution in [3.63, 3.8) is 0 Å². The number of hydrogen-bond acceptors (Lipinski definition) is 18. The number of nitrogens with one attached hydrogen (secondary N) is 4. The molecule has 0 fully saturated rings. The van der Waals surface area contributed by atoms with E-state index in [0.717, 1.165) is 44.4 Å². The smallest absolute Gasteiger partial charge is 0.269 e. The Morgan fingerprint density at radius 2 is 1.24 bits per heavy atom. The van der Waals surface area contributed by atoms with E-state index in [-0.39, 0.29) is 17.5 Å². The van der Waals surface area contributed by atoms with E-state index >= 15 is 0 Å². The number of amides is 2. The Kier molecular flexibility index (Phi) is 15.6. The predicted octanol–water partition coefficient (Wildman–Crippen LogP) is 9.18. The van der Waals surface area contributed by atoms with Gasteiger partial charge in [0.25, 0.3) is 11.8 Å². The Bertz CT molecular complexity index is 3180. The summed E-state index contributed by atoms with van der Waals surface area (Å²) in [6, 6.07) is 25.2. The van der Waals surface area contributed by atoms with E-state index in [4.69, 9.17) is 20.2 Å². The van der Waals surface area contributed by atoms with Crippen molar-refractivity contribution < 1.29 is 19.1 Å². The molecule has 7 heterocycles. The van der Waals surface area contributed by atoms with Crippen LogP contribution < -0.4 is 36.5 Å². The molecule has 0 aliphatic rings. The number of benzene rings is 2. The van der Waals surface area contributed by atoms with E-state index in [1.165, 1.54) is 35.1 Å². The first-order chi connectivity index (χ1) is 32.6. The van der Waals surface area contributed by atoms with Crippen LogP contribution in [-0.2, 0) is 7.05 Å². The van der Waals surface area contributed by atoms with Crippen molar-refractivity contribution in [2.45, 2.75) is 0 Å². The molecule has 0 aliphatic carbocycles. The highest BCUT2D eigenvalue weighted by Gasteiger charge is 2.14. The van der Waals surface area contributed by atoms with Gasteiger partial charge >= 0.3 is 0 Å². The summed E-state index contributed by atoms with van der Waals surface area (Å²) in [5, 5.41) is 18.9. The fraction of sp³-hybridized carbons (Fsp3) is 0.0870. The molecule has 0 saturated heterocycles. The number of isothiocyanates is 1. The van der Waals surface area contributed by atoms with Gasteiger partial charge in [-0.1, -0.05) is 0 Å². The maximum absolute atomic E-state index is 11.8. The number of imidazole rings is 1. The number of carbonyl (C=O) groups is 2. The van der Waals surface area contributed by atoms with Gasteiger partial charge in [-0.2, -0.15) is 4.99 Å². The number of nitrogens with zero attached hydrogens (tertiary/aromatic N) is 9. The lowest BCUT2D eigenvalue weighted by molar-refractivity contribution is 0.0950. The number of aryl methyl sites for hydroxylation is 1. The van der Waals surface area contributed by atoms with Crippen LogP contribution >= 0.6 is 34.9 Å². The highest BCUT2D eigenvalue weighted by Crippen LogP contribution is 2.32. The van der Waals surface area contributed by atoms with Crippen LogP contribution in [-0.4, -0.2) is 77.6 Å². The van der Waals surface area contributed by atoms with Gasteiger partial charge in [0, 0.05) is 112 Å². The quantitative estimate of drug-likeness (QED) is 0.0436. The van der Waals surface area contributed by atoms with E-state index < -0.39 is 0 Å². The monoisotopic (exact) mass is 948 g/mol. The molecule has 67 heavy (non-hydrogen) atoms. The van der Waals surface area contributed by atoms with Gasteiger partial charge < -0.3 is 41.0 Å². The number of hydrogen-bond donors (Lipinski definition) is 5. The fourth-order valence-corrected chi connectivity index (χ4v) is 7.52. The minimum atomic E-state index is -0.273. The number of ether oxygens (including phenoxy) is 2. The van der Waals surface area contributed by atoms with Crippen LogP contribution in [0, 0.1) is 0 Å². The molecule has 9 rings (SSSR count). The van der Waals surface area contributed by atoms with E-state index in [1.54, 1.807) is 82.3 Å². The third kappa shape index (κ3) is 12.2. The van der Waals surface area contributed by atoms with E-state index in [2.05, 4.69) is 73.5 Å². The lowest BCUT2D eigenvalue weighted by Crippen LogP contribution is -2.18. The Morgan fingerprint density at radius 3 is 1.81 bits per heavy atom. The lowest BCUT2D eigenvalue weighted by Gasteiger charge is -2.10. The van der Waals surface area contributed by atoms with Gasteiger partial charge in [-0.25, -0.2) is 15.0 Å². The molecule has 9 aromatic rings. The Balaban J connectivity index is 0.000000166. The molecular formula is C46H40N14O4S3. The topological polar surface area (TPSA) is 234 Å². The second-order valence-electron chi connectivity index (χ2n) is 13.6. The molecule has 336 valence electrons. The van der Waals surface area contributed by atoms with Gasteiger partial charge in [0.15, 0.2) is 5.13 Å². The zero-order valence-corrected chi connectivity index (χ0v) is 38.6. The van der Waals surface area contributed by atoms with Crippen LogP contribution in [0.2, 0.25) is 0 Å². The molecule has 2 amide bonds. The van der Waals surface area contributed by atoms with Gasteiger partial charge in [0.1, 0.15) is 34.4 Å². The summed E-state index contributed by atoms with van der Waals surface area (Å²) >= 11 is 7.45. The second-order valence-corrected chi connectivity index (χ2v) is 15.5. The minimum absolute atomic E-state index is 0.263. The molecule has 0 radical (unpaired) electrons. The highest BCUT2D eigenvalue weighted by molar-refractivity contribution is 7.78. The molecule has 0 unspecified atom stereocenters. The molecule has 0 aliphatic heterocycles. The summed E-state index contributed by atoms with van der Waals surface area (Å²) in [5.41, 5.74) is 13.4. The van der Waals surface area contributed by atoms with Crippen molar-refractivity contribution in [1.82, 2.24) is 50.1 Å². The van der Waals surface area contributed by atoms with Gasteiger partial charge in [-0.3, -0.25) is 29.5 Å². The average Bonchev–Trinajstić information content (AvgIpc) is 4.12. The summed E-state index contributed by atoms with van der Waals surface area (Å²) in [6.07, 6.45) is 10.0. The number of aromatic nitrogens is 8. The standard InChI is InChI=1S/C23H19N7O2S.C14H16N4O2.C9H5N3S2/c1-24-21(31)18-12-16(7-10-26-18)32-15-3-4-20-17(11-15)27-22(30(20)2)29-23-28-19(13-33-23)14-5-8-25-9-6-14;1-16-12-4-3-9(7-11(12)15)20-10-5-6-18-13(8-10)14(19)17-2;13-6-11-9-12-8(5-14-9)7-1-3-10-4-2-7/h3-13H,1-2H3,(H,24,31)(H,27,28,29);3-8,16H,15H2,1-2H3,(H,17,19);1-5H. The number of carbonyl (C=O) groups excluding carboxylic acids is 2. The van der Waals surface area contributed by atoms with E-state index in [0.29, 0.717) is 45.5 Å². The summed E-state index contributed by atoms with van der Waals surface area (Å²) in [6.45, 7) is 0. The van der Waals surface area contributed by atoms with Crippen molar-refractivity contribution in [2.75, 3.05) is 37.5 Å². The Labute approximate surface area is 397 Å². The number of anilines is 4. The maximum atomic E-state index is 11.8. The van der Waals surface area contributed by atoms with Gasteiger partial charge in [0.05, 0.1) is 39.0 Å². The number of fused-ring (bicyclic) bond motifs is 1. The lowest BCUT2D eigenvalue weighted by atomic mass is 10.2. The number of thiazole rings is 2. The number of thiocarbonyl (C=S) groups is 1. The number of nitrogens with two attached hydrogens (primary N) is 1. The van der Waals surface area contributed by atoms with Gasteiger partial charge in [0.2, 0.25) is 11.1 Å². The molecule has 7 aromatic heterocycles. The second kappa shape index (κ2) is 22.4. The first kappa shape index (κ1) is 46.5. The van der Waals surface area contributed by atoms with Crippen molar-refractivity contribution >= 4 is 90.5 Å².